The molecule has 0 radical (unpaired) electrons. The number of rotatable bonds is 2. The summed E-state index contributed by atoms with van der Waals surface area (Å²) in [5.41, 5.74) is 1.59. The molecule has 90 valence electrons. The van der Waals surface area contributed by atoms with E-state index in [9.17, 15) is 10.4 Å². The zero-order chi connectivity index (χ0) is 11.9. The number of nitrogens with zero attached hydrogens (tertiary/aromatic N) is 3. The maximum Gasteiger partial charge on any atom is 0.129 e. The Morgan fingerprint density at radius 1 is 1.35 bits per heavy atom. The molecule has 1 aromatic heterocycles. The van der Waals surface area contributed by atoms with Gasteiger partial charge in [0.15, 0.2) is 0 Å². The molecule has 0 bridgehead atoms. The van der Waals surface area contributed by atoms with Gasteiger partial charge in [-0.3, -0.25) is 0 Å². The number of fused-ring (bicyclic) bond motifs is 1. The molecule has 4 heteroatoms. The smallest absolute Gasteiger partial charge is 0.129 e. The van der Waals surface area contributed by atoms with Gasteiger partial charge < -0.3 is 9.67 Å². The molecule has 0 aromatic carbocycles. The predicted molar refractivity (Wildman–Crippen MR) is 62.2 cm³/mol. The Labute approximate surface area is 101 Å². The van der Waals surface area contributed by atoms with Crippen LogP contribution in [0.4, 0.5) is 0 Å². The van der Waals surface area contributed by atoms with E-state index in [1.54, 1.807) is 0 Å². The van der Waals surface area contributed by atoms with Crippen LogP contribution in [0.15, 0.2) is 0 Å². The van der Waals surface area contributed by atoms with Crippen LogP contribution in [0.5, 0.6) is 0 Å². The van der Waals surface area contributed by atoms with Crippen molar-refractivity contribution in [3.63, 3.8) is 0 Å². The summed E-state index contributed by atoms with van der Waals surface area (Å²) in [5.74, 6) is 0.921. The number of hydrogen-bond acceptors (Lipinski definition) is 3. The summed E-state index contributed by atoms with van der Waals surface area (Å²) < 4.78 is 2.21. The molecule has 4 nitrogen and oxygen atoms in total. The molecule has 1 fully saturated rings. The van der Waals surface area contributed by atoms with E-state index in [4.69, 9.17) is 0 Å². The summed E-state index contributed by atoms with van der Waals surface area (Å²) in [5, 5.41) is 18.8. The van der Waals surface area contributed by atoms with Gasteiger partial charge in [-0.1, -0.05) is 0 Å². The molecule has 0 unspecified atom stereocenters. The third kappa shape index (κ3) is 1.42. The van der Waals surface area contributed by atoms with Crippen molar-refractivity contribution < 1.29 is 5.11 Å². The summed E-state index contributed by atoms with van der Waals surface area (Å²) in [6.45, 7) is 0.956. The number of nitriles is 1. The highest BCUT2D eigenvalue weighted by molar-refractivity contribution is 5.31. The lowest BCUT2D eigenvalue weighted by Gasteiger charge is -2.35. The van der Waals surface area contributed by atoms with Crippen molar-refractivity contribution >= 4 is 0 Å². The monoisotopic (exact) mass is 231 g/mol. The first kappa shape index (κ1) is 10.8. The Hall–Kier alpha value is -1.34. The first-order valence-corrected chi connectivity index (χ1v) is 6.41. The fraction of sp³-hybridized carbons (Fsp3) is 0.692. The van der Waals surface area contributed by atoms with Gasteiger partial charge in [0.25, 0.3) is 0 Å². The van der Waals surface area contributed by atoms with Gasteiger partial charge in [0.05, 0.1) is 18.4 Å². The highest BCUT2D eigenvalue weighted by atomic mass is 16.3. The summed E-state index contributed by atoms with van der Waals surface area (Å²) in [4.78, 5) is 4.57. The fourth-order valence-corrected chi connectivity index (χ4v) is 3.03. The average Bonchev–Trinajstić information content (AvgIpc) is 2.68. The molecule has 17 heavy (non-hydrogen) atoms. The molecule has 1 aliphatic carbocycles. The van der Waals surface area contributed by atoms with E-state index in [1.165, 1.54) is 0 Å². The van der Waals surface area contributed by atoms with Crippen molar-refractivity contribution in [3.8, 4) is 6.07 Å². The molecule has 1 N–H and O–H groups in total. The minimum Gasteiger partial charge on any atom is -0.390 e. The SMILES string of the molecule is N#CC1(c2nc(CO)c3n2CCCC3)CCC1. The van der Waals surface area contributed by atoms with Crippen LogP contribution in [0.3, 0.4) is 0 Å². The van der Waals surface area contributed by atoms with Crippen LogP contribution in [0, 0.1) is 11.3 Å². The minimum atomic E-state index is -0.362. The van der Waals surface area contributed by atoms with Gasteiger partial charge in [0.1, 0.15) is 11.2 Å². The Bertz CT molecular complexity index is 480. The molecular formula is C13H17N3O. The van der Waals surface area contributed by atoms with Crippen molar-refractivity contribution in [2.75, 3.05) is 0 Å². The van der Waals surface area contributed by atoms with Gasteiger partial charge in [0.2, 0.25) is 0 Å². The highest BCUT2D eigenvalue weighted by Gasteiger charge is 2.44. The summed E-state index contributed by atoms with van der Waals surface area (Å²) in [7, 11) is 0. The molecule has 1 aliphatic heterocycles. The van der Waals surface area contributed by atoms with Gasteiger partial charge in [-0.15, -0.1) is 0 Å². The van der Waals surface area contributed by atoms with E-state index >= 15 is 0 Å². The number of imidazole rings is 1. The van der Waals surface area contributed by atoms with Crippen LogP contribution >= 0.6 is 0 Å². The lowest BCUT2D eigenvalue weighted by Crippen LogP contribution is -2.36. The normalized spacial score (nSPS) is 21.4. The van der Waals surface area contributed by atoms with Gasteiger partial charge in [0, 0.05) is 12.2 Å². The van der Waals surface area contributed by atoms with Crippen LogP contribution < -0.4 is 0 Å². The maximum atomic E-state index is 9.41. The summed E-state index contributed by atoms with van der Waals surface area (Å²) in [6.07, 6.45) is 6.27. The second kappa shape index (κ2) is 3.85. The van der Waals surface area contributed by atoms with Crippen molar-refractivity contribution in [2.24, 2.45) is 0 Å². The van der Waals surface area contributed by atoms with Crippen molar-refractivity contribution in [1.82, 2.24) is 9.55 Å². The number of aliphatic hydroxyl groups excluding tert-OH is 1. The lowest BCUT2D eigenvalue weighted by atomic mass is 9.69. The zero-order valence-electron chi connectivity index (χ0n) is 9.95. The Kier molecular flexibility index (Phi) is 2.44. The highest BCUT2D eigenvalue weighted by Crippen LogP contribution is 2.43. The van der Waals surface area contributed by atoms with Gasteiger partial charge in [-0.05, 0) is 38.5 Å². The summed E-state index contributed by atoms with van der Waals surface area (Å²) >= 11 is 0. The Morgan fingerprint density at radius 2 is 2.18 bits per heavy atom. The van der Waals surface area contributed by atoms with E-state index < -0.39 is 0 Å². The van der Waals surface area contributed by atoms with Crippen LogP contribution in [0.25, 0.3) is 0 Å². The fourth-order valence-electron chi connectivity index (χ4n) is 3.03. The van der Waals surface area contributed by atoms with Crippen LogP contribution in [0.1, 0.15) is 49.3 Å². The van der Waals surface area contributed by atoms with E-state index in [1.807, 2.05) is 0 Å². The maximum absolute atomic E-state index is 9.41. The lowest BCUT2D eigenvalue weighted by molar-refractivity contribution is 0.273. The van der Waals surface area contributed by atoms with Crippen LogP contribution in [0.2, 0.25) is 0 Å². The van der Waals surface area contributed by atoms with E-state index in [2.05, 4.69) is 15.6 Å². The van der Waals surface area contributed by atoms with Gasteiger partial charge in [-0.25, -0.2) is 4.98 Å². The first-order valence-electron chi connectivity index (χ1n) is 6.41. The molecule has 1 aromatic rings. The van der Waals surface area contributed by atoms with Crippen molar-refractivity contribution in [3.05, 3.63) is 17.2 Å². The molecule has 0 amide bonds. The first-order chi connectivity index (χ1) is 8.30. The van der Waals surface area contributed by atoms with Crippen molar-refractivity contribution in [1.29, 1.82) is 5.26 Å². The average molecular weight is 231 g/mol. The molecule has 0 atom stereocenters. The molecule has 1 saturated carbocycles. The standard InChI is InChI=1S/C13H17N3O/c14-9-13(5-3-6-13)12-15-10(8-17)11-4-1-2-7-16(11)12/h17H,1-8H2. The summed E-state index contributed by atoms with van der Waals surface area (Å²) in [6, 6.07) is 2.45. The van der Waals surface area contributed by atoms with Crippen LogP contribution in [-0.2, 0) is 25.0 Å². The Balaban J connectivity index is 2.11. The van der Waals surface area contributed by atoms with E-state index in [0.717, 1.165) is 62.3 Å². The third-order valence-electron chi connectivity index (χ3n) is 4.20. The molecule has 0 spiro atoms. The number of aromatic nitrogens is 2. The number of hydrogen-bond donors (Lipinski definition) is 1. The molecular weight excluding hydrogens is 214 g/mol. The quantitative estimate of drug-likeness (QED) is 0.842. The second-order valence-corrected chi connectivity index (χ2v) is 5.14. The largest absolute Gasteiger partial charge is 0.390 e. The number of aliphatic hydroxyl groups is 1. The molecule has 2 aliphatic rings. The molecule has 0 saturated heterocycles. The predicted octanol–water partition coefficient (Wildman–Crippen LogP) is 1.66. The van der Waals surface area contributed by atoms with E-state index in [-0.39, 0.29) is 12.0 Å². The van der Waals surface area contributed by atoms with E-state index in [0.29, 0.717) is 0 Å². The second-order valence-electron chi connectivity index (χ2n) is 5.14. The van der Waals surface area contributed by atoms with Gasteiger partial charge >= 0.3 is 0 Å². The topological polar surface area (TPSA) is 61.8 Å². The van der Waals surface area contributed by atoms with Crippen molar-refractivity contribution in [2.45, 2.75) is 57.1 Å². The van der Waals surface area contributed by atoms with Gasteiger partial charge in [-0.2, -0.15) is 5.26 Å². The minimum absolute atomic E-state index is 0.00313. The molecule has 2 heterocycles. The molecule has 3 rings (SSSR count). The van der Waals surface area contributed by atoms with Crippen LogP contribution in [-0.4, -0.2) is 14.7 Å². The zero-order valence-corrected chi connectivity index (χ0v) is 9.95. The third-order valence-corrected chi connectivity index (χ3v) is 4.20. The Morgan fingerprint density at radius 3 is 2.76 bits per heavy atom.